The summed E-state index contributed by atoms with van der Waals surface area (Å²) in [5.41, 5.74) is 5.81. The molecule has 0 aliphatic rings. The van der Waals surface area contributed by atoms with Crippen LogP contribution in [-0.4, -0.2) is 16.1 Å². The van der Waals surface area contributed by atoms with Crippen molar-refractivity contribution in [1.29, 1.82) is 0 Å². The van der Waals surface area contributed by atoms with Crippen LogP contribution in [0.4, 0.5) is 0 Å². The molecule has 1 aromatic heterocycles. The maximum Gasteiger partial charge on any atom is 0.325 e. The van der Waals surface area contributed by atoms with Crippen LogP contribution >= 0.6 is 0 Å². The maximum absolute atomic E-state index is 10.3. The number of nitrogens with zero attached hydrogens (tertiary/aromatic N) is 1. The number of carboxylic acids is 1. The van der Waals surface area contributed by atoms with E-state index in [2.05, 4.69) is 4.98 Å². The molecule has 3 N–H and O–H groups in total. The number of hydrogen-bond acceptors (Lipinski definition) is 3. The smallest absolute Gasteiger partial charge is 0.325 e. The van der Waals surface area contributed by atoms with Crippen molar-refractivity contribution in [3.8, 4) is 0 Å². The van der Waals surface area contributed by atoms with Crippen LogP contribution in [0, 0.1) is 0 Å². The Kier molecular flexibility index (Phi) is 2.18. The van der Waals surface area contributed by atoms with E-state index in [0.29, 0.717) is 5.56 Å². The lowest BCUT2D eigenvalue weighted by Crippen LogP contribution is -2.20. The Labute approximate surface area is 63.7 Å². The van der Waals surface area contributed by atoms with Gasteiger partial charge in [0.15, 0.2) is 0 Å². The molecule has 0 bridgehead atoms. The summed E-state index contributed by atoms with van der Waals surface area (Å²) in [4.78, 5) is 14.1. The van der Waals surface area contributed by atoms with E-state index in [1.165, 1.54) is 6.20 Å². The predicted octanol–water partition coefficient (Wildman–Crippen LogP) is 0.166. The molecular formula is C7H8N2O2. The highest BCUT2D eigenvalue weighted by Crippen LogP contribution is 2.06. The lowest BCUT2D eigenvalue weighted by atomic mass is 10.1. The quantitative estimate of drug-likeness (QED) is 0.633. The van der Waals surface area contributed by atoms with Crippen LogP contribution in [0.2, 0.25) is 0 Å². The first-order valence-corrected chi connectivity index (χ1v) is 3.10. The minimum Gasteiger partial charge on any atom is -0.480 e. The molecule has 0 aliphatic heterocycles. The first-order valence-electron chi connectivity index (χ1n) is 3.10. The minimum absolute atomic E-state index is 0.514. The summed E-state index contributed by atoms with van der Waals surface area (Å²) < 4.78 is 0. The molecule has 1 rings (SSSR count). The zero-order valence-electron chi connectivity index (χ0n) is 5.77. The Bertz CT molecular complexity index is 248. The van der Waals surface area contributed by atoms with Gasteiger partial charge in [0.2, 0.25) is 0 Å². The van der Waals surface area contributed by atoms with Gasteiger partial charge in [-0.1, -0.05) is 6.07 Å². The van der Waals surface area contributed by atoms with Crippen molar-refractivity contribution in [3.63, 3.8) is 0 Å². The molecule has 58 valence electrons. The Morgan fingerprint density at radius 3 is 2.91 bits per heavy atom. The van der Waals surface area contributed by atoms with Crippen LogP contribution in [-0.2, 0) is 4.79 Å². The summed E-state index contributed by atoms with van der Waals surface area (Å²) in [6.45, 7) is 0. The number of pyridine rings is 1. The molecular weight excluding hydrogens is 144 g/mol. The maximum atomic E-state index is 10.3. The van der Waals surface area contributed by atoms with E-state index in [1.807, 2.05) is 0 Å². The van der Waals surface area contributed by atoms with E-state index in [4.69, 9.17) is 10.8 Å². The fourth-order valence-electron chi connectivity index (χ4n) is 0.703. The summed E-state index contributed by atoms with van der Waals surface area (Å²) in [6.07, 6.45) is 3.01. The Balaban J connectivity index is 2.85. The molecule has 1 atom stereocenters. The van der Waals surface area contributed by atoms with Crippen LogP contribution in [0.1, 0.15) is 11.6 Å². The lowest BCUT2D eigenvalue weighted by molar-refractivity contribution is -0.138. The predicted molar refractivity (Wildman–Crippen MR) is 38.8 cm³/mol. The molecule has 0 saturated carbocycles. The largest absolute Gasteiger partial charge is 0.480 e. The van der Waals surface area contributed by atoms with E-state index >= 15 is 0 Å². The van der Waals surface area contributed by atoms with Crippen LogP contribution in [0.5, 0.6) is 0 Å². The van der Waals surface area contributed by atoms with Crippen molar-refractivity contribution in [1.82, 2.24) is 4.98 Å². The second-order valence-electron chi connectivity index (χ2n) is 2.10. The molecule has 11 heavy (non-hydrogen) atoms. The fourth-order valence-corrected chi connectivity index (χ4v) is 0.703. The van der Waals surface area contributed by atoms with Crippen LogP contribution in [0.3, 0.4) is 0 Å². The number of aliphatic carboxylic acids is 1. The van der Waals surface area contributed by atoms with Crippen LogP contribution in [0.15, 0.2) is 24.5 Å². The molecule has 4 heteroatoms. The minimum atomic E-state index is -1.04. The van der Waals surface area contributed by atoms with Gasteiger partial charge in [0.1, 0.15) is 6.04 Å². The first kappa shape index (κ1) is 7.68. The van der Waals surface area contributed by atoms with Gasteiger partial charge in [0, 0.05) is 12.4 Å². The average Bonchev–Trinajstić information content (AvgIpc) is 2.05. The summed E-state index contributed by atoms with van der Waals surface area (Å²) in [7, 11) is 0. The van der Waals surface area contributed by atoms with E-state index in [-0.39, 0.29) is 0 Å². The zero-order valence-corrected chi connectivity index (χ0v) is 5.77. The Morgan fingerprint density at radius 2 is 2.45 bits per heavy atom. The van der Waals surface area contributed by atoms with Crippen molar-refractivity contribution in [2.24, 2.45) is 5.73 Å². The first-order chi connectivity index (χ1) is 5.22. The van der Waals surface area contributed by atoms with Crippen molar-refractivity contribution >= 4 is 5.97 Å². The fraction of sp³-hybridized carbons (Fsp3) is 0.143. The second kappa shape index (κ2) is 3.12. The van der Waals surface area contributed by atoms with Gasteiger partial charge in [-0.15, -0.1) is 0 Å². The Morgan fingerprint density at radius 1 is 1.73 bits per heavy atom. The van der Waals surface area contributed by atoms with Crippen molar-refractivity contribution < 1.29 is 9.90 Å². The van der Waals surface area contributed by atoms with Crippen molar-refractivity contribution in [2.75, 3.05) is 0 Å². The summed E-state index contributed by atoms with van der Waals surface area (Å²) in [5.74, 6) is -1.04. The van der Waals surface area contributed by atoms with E-state index in [0.717, 1.165) is 0 Å². The van der Waals surface area contributed by atoms with E-state index in [9.17, 15) is 4.79 Å². The third-order valence-electron chi connectivity index (χ3n) is 1.31. The molecule has 0 spiro atoms. The highest BCUT2D eigenvalue weighted by Gasteiger charge is 2.12. The van der Waals surface area contributed by atoms with Crippen molar-refractivity contribution in [3.05, 3.63) is 30.1 Å². The number of aromatic nitrogens is 1. The standard InChI is InChI=1S/C7H8N2O2/c8-6(7(10)11)5-2-1-3-9-4-5/h1-4,6H,8H2,(H,10,11). The van der Waals surface area contributed by atoms with Gasteiger partial charge in [-0.25, -0.2) is 0 Å². The molecule has 4 nitrogen and oxygen atoms in total. The van der Waals surface area contributed by atoms with Gasteiger partial charge < -0.3 is 10.8 Å². The molecule has 1 heterocycles. The van der Waals surface area contributed by atoms with Crippen LogP contribution in [0.25, 0.3) is 0 Å². The summed E-state index contributed by atoms with van der Waals surface area (Å²) in [6, 6.07) is 2.31. The highest BCUT2D eigenvalue weighted by atomic mass is 16.4. The summed E-state index contributed by atoms with van der Waals surface area (Å²) >= 11 is 0. The van der Waals surface area contributed by atoms with Crippen LogP contribution < -0.4 is 5.73 Å². The summed E-state index contributed by atoms with van der Waals surface area (Å²) in [5, 5.41) is 8.48. The zero-order chi connectivity index (χ0) is 8.27. The van der Waals surface area contributed by atoms with Gasteiger partial charge in [-0.3, -0.25) is 9.78 Å². The highest BCUT2D eigenvalue weighted by molar-refractivity contribution is 5.74. The monoisotopic (exact) mass is 152 g/mol. The number of nitrogens with two attached hydrogens (primary N) is 1. The van der Waals surface area contributed by atoms with Crippen molar-refractivity contribution in [2.45, 2.75) is 6.04 Å². The Hall–Kier alpha value is -1.42. The molecule has 1 unspecified atom stereocenters. The molecule has 0 aromatic carbocycles. The topological polar surface area (TPSA) is 76.2 Å². The SMILES string of the molecule is NC(C(=O)O)c1cccnc1. The van der Waals surface area contributed by atoms with E-state index in [1.54, 1.807) is 18.3 Å². The van der Waals surface area contributed by atoms with Gasteiger partial charge in [0.25, 0.3) is 0 Å². The number of carbonyl (C=O) groups is 1. The van der Waals surface area contributed by atoms with Gasteiger partial charge >= 0.3 is 5.97 Å². The van der Waals surface area contributed by atoms with Gasteiger partial charge in [-0.05, 0) is 11.6 Å². The molecule has 0 amide bonds. The second-order valence-corrected chi connectivity index (χ2v) is 2.10. The molecule has 0 radical (unpaired) electrons. The van der Waals surface area contributed by atoms with Gasteiger partial charge in [-0.2, -0.15) is 0 Å². The van der Waals surface area contributed by atoms with Gasteiger partial charge in [0.05, 0.1) is 0 Å². The number of rotatable bonds is 2. The number of carboxylic acid groups (broad SMARTS) is 1. The lowest BCUT2D eigenvalue weighted by Gasteiger charge is -2.03. The molecule has 0 fully saturated rings. The average molecular weight is 152 g/mol. The van der Waals surface area contributed by atoms with E-state index < -0.39 is 12.0 Å². The number of hydrogen-bond donors (Lipinski definition) is 2. The normalized spacial score (nSPS) is 12.5. The third-order valence-corrected chi connectivity index (χ3v) is 1.31. The molecule has 1 aromatic rings. The third kappa shape index (κ3) is 1.75. The molecule has 0 saturated heterocycles. The molecule has 0 aliphatic carbocycles.